The van der Waals surface area contributed by atoms with Crippen molar-refractivity contribution in [1.82, 2.24) is 0 Å². The number of ether oxygens (including phenoxy) is 1. The Bertz CT molecular complexity index is 307. The average Bonchev–Trinajstić information content (AvgIpc) is 2.98. The summed E-state index contributed by atoms with van der Waals surface area (Å²) < 4.78 is 5.75. The molecular weight excluding hydrogens is 188 g/mol. The first-order valence-corrected chi connectivity index (χ1v) is 8.45. The van der Waals surface area contributed by atoms with Crippen LogP contribution in [0.15, 0.2) is 30.3 Å². The largest absolute Gasteiger partial charge is 0.373 e. The van der Waals surface area contributed by atoms with E-state index in [2.05, 4.69) is 50.3 Å². The number of epoxide rings is 1. The van der Waals surface area contributed by atoms with E-state index in [0.717, 1.165) is 6.42 Å². The summed E-state index contributed by atoms with van der Waals surface area (Å²) in [6, 6.07) is 10.8. The second kappa shape index (κ2) is 3.52. The maximum Gasteiger partial charge on any atom is 0.116 e. The molecule has 0 radical (unpaired) electrons. The third kappa shape index (κ3) is 1.64. The van der Waals surface area contributed by atoms with Crippen LogP contribution in [0.1, 0.15) is 13.3 Å². The van der Waals surface area contributed by atoms with Gasteiger partial charge in [0.05, 0.1) is 11.8 Å². The van der Waals surface area contributed by atoms with Gasteiger partial charge >= 0.3 is 0 Å². The molecule has 1 aromatic carbocycles. The van der Waals surface area contributed by atoms with Gasteiger partial charge < -0.3 is 4.74 Å². The Morgan fingerprint density at radius 3 is 2.36 bits per heavy atom. The summed E-state index contributed by atoms with van der Waals surface area (Å²) in [7, 11) is -1.35. The molecule has 0 N–H and O–H groups in total. The van der Waals surface area contributed by atoms with Gasteiger partial charge in [0.2, 0.25) is 0 Å². The van der Waals surface area contributed by atoms with Crippen molar-refractivity contribution in [3.63, 3.8) is 0 Å². The lowest BCUT2D eigenvalue weighted by Gasteiger charge is -2.20. The second-order valence-electron chi connectivity index (χ2n) is 4.59. The molecule has 1 aliphatic heterocycles. The molecule has 2 heteroatoms. The summed E-state index contributed by atoms with van der Waals surface area (Å²) in [4.78, 5) is 0. The van der Waals surface area contributed by atoms with Crippen molar-refractivity contribution < 1.29 is 4.74 Å². The summed E-state index contributed by atoms with van der Waals surface area (Å²) in [6.45, 7) is 7.02. The van der Waals surface area contributed by atoms with Gasteiger partial charge in [0, 0.05) is 0 Å². The van der Waals surface area contributed by atoms with Crippen LogP contribution < -0.4 is 5.19 Å². The molecule has 0 saturated carbocycles. The summed E-state index contributed by atoms with van der Waals surface area (Å²) >= 11 is 0. The summed E-state index contributed by atoms with van der Waals surface area (Å²) in [5, 5.41) is 1.51. The first kappa shape index (κ1) is 9.93. The highest BCUT2D eigenvalue weighted by atomic mass is 28.3. The number of rotatable bonds is 3. The van der Waals surface area contributed by atoms with E-state index in [4.69, 9.17) is 4.74 Å². The molecule has 1 aliphatic rings. The van der Waals surface area contributed by atoms with E-state index in [0.29, 0.717) is 11.8 Å². The van der Waals surface area contributed by atoms with E-state index >= 15 is 0 Å². The van der Waals surface area contributed by atoms with Crippen molar-refractivity contribution in [1.29, 1.82) is 0 Å². The normalized spacial score (nSPS) is 26.2. The predicted molar refractivity (Wildman–Crippen MR) is 62.5 cm³/mol. The predicted octanol–water partition coefficient (Wildman–Crippen LogP) is 2.32. The van der Waals surface area contributed by atoms with E-state index in [1.807, 2.05) is 0 Å². The SMILES string of the molecule is CC[C@@H]1O[C@H]1[Si](C)(C)c1ccccc1. The Labute approximate surface area is 87.1 Å². The molecule has 1 heterocycles. The van der Waals surface area contributed by atoms with Crippen LogP contribution in [0.25, 0.3) is 0 Å². The van der Waals surface area contributed by atoms with E-state index in [-0.39, 0.29) is 0 Å². The van der Waals surface area contributed by atoms with E-state index in [1.165, 1.54) is 5.19 Å². The van der Waals surface area contributed by atoms with Gasteiger partial charge in [-0.3, -0.25) is 0 Å². The highest BCUT2D eigenvalue weighted by Crippen LogP contribution is 2.33. The van der Waals surface area contributed by atoms with Gasteiger partial charge in [-0.1, -0.05) is 55.5 Å². The molecule has 1 fully saturated rings. The zero-order chi connectivity index (χ0) is 10.2. The highest BCUT2D eigenvalue weighted by Gasteiger charge is 2.50. The van der Waals surface area contributed by atoms with Crippen molar-refractivity contribution in [2.45, 2.75) is 38.3 Å². The molecule has 76 valence electrons. The monoisotopic (exact) mass is 206 g/mol. The van der Waals surface area contributed by atoms with Gasteiger partial charge in [-0.15, -0.1) is 0 Å². The first-order valence-electron chi connectivity index (χ1n) is 5.37. The molecule has 1 aromatic rings. The molecule has 1 saturated heterocycles. The molecule has 2 rings (SSSR count). The number of hydrogen-bond acceptors (Lipinski definition) is 1. The third-order valence-corrected chi connectivity index (χ3v) is 6.97. The van der Waals surface area contributed by atoms with Crippen LogP contribution in [0.5, 0.6) is 0 Å². The van der Waals surface area contributed by atoms with Crippen LogP contribution in [0, 0.1) is 0 Å². The van der Waals surface area contributed by atoms with Crippen molar-refractivity contribution in [3.05, 3.63) is 30.3 Å². The number of hydrogen-bond donors (Lipinski definition) is 0. The average molecular weight is 206 g/mol. The zero-order valence-corrected chi connectivity index (χ0v) is 10.2. The van der Waals surface area contributed by atoms with E-state index in [9.17, 15) is 0 Å². The molecule has 0 amide bonds. The van der Waals surface area contributed by atoms with Crippen molar-refractivity contribution >= 4 is 13.3 Å². The molecule has 14 heavy (non-hydrogen) atoms. The molecule has 0 unspecified atom stereocenters. The van der Waals surface area contributed by atoms with Gasteiger partial charge in [0.25, 0.3) is 0 Å². The first-order chi connectivity index (χ1) is 6.66. The van der Waals surface area contributed by atoms with Crippen LogP contribution in [-0.4, -0.2) is 19.9 Å². The molecule has 1 nitrogen and oxygen atoms in total. The Kier molecular flexibility index (Phi) is 2.50. The van der Waals surface area contributed by atoms with Gasteiger partial charge in [-0.25, -0.2) is 0 Å². The summed E-state index contributed by atoms with van der Waals surface area (Å²) in [5.74, 6) is 0. The van der Waals surface area contributed by atoms with Crippen LogP contribution in [0.2, 0.25) is 13.1 Å². The lowest BCUT2D eigenvalue weighted by atomic mass is 10.4. The van der Waals surface area contributed by atoms with Crippen LogP contribution in [0.3, 0.4) is 0 Å². The van der Waals surface area contributed by atoms with Gasteiger partial charge in [-0.2, -0.15) is 0 Å². The maximum absolute atomic E-state index is 5.75. The fraction of sp³-hybridized carbons (Fsp3) is 0.500. The molecular formula is C12H18OSi. The van der Waals surface area contributed by atoms with Crippen LogP contribution in [0.4, 0.5) is 0 Å². The van der Waals surface area contributed by atoms with Crippen molar-refractivity contribution in [2.24, 2.45) is 0 Å². The van der Waals surface area contributed by atoms with Crippen molar-refractivity contribution in [3.8, 4) is 0 Å². The smallest absolute Gasteiger partial charge is 0.116 e. The van der Waals surface area contributed by atoms with Crippen LogP contribution in [-0.2, 0) is 4.74 Å². The summed E-state index contributed by atoms with van der Waals surface area (Å²) in [5.41, 5.74) is 0.551. The van der Waals surface area contributed by atoms with Gasteiger partial charge in [-0.05, 0) is 6.42 Å². The quantitative estimate of drug-likeness (QED) is 0.546. The Balaban J connectivity index is 2.17. The van der Waals surface area contributed by atoms with Crippen LogP contribution >= 0.6 is 0 Å². The lowest BCUT2D eigenvalue weighted by molar-refractivity contribution is 0.390. The maximum atomic E-state index is 5.75. The fourth-order valence-corrected chi connectivity index (χ4v) is 5.18. The Hall–Kier alpha value is -0.603. The standard InChI is InChI=1S/C12H18OSi/c1-4-11-12(13-11)14(2,3)10-8-6-5-7-9-10/h5-9,11-12H,4H2,1-3H3/t11-,12-/m0/s1. The molecule has 0 bridgehead atoms. The minimum Gasteiger partial charge on any atom is -0.373 e. The topological polar surface area (TPSA) is 12.5 Å². The minimum absolute atomic E-state index is 0.539. The number of benzene rings is 1. The molecule has 0 aliphatic carbocycles. The molecule has 2 atom stereocenters. The zero-order valence-electron chi connectivity index (χ0n) is 9.16. The Morgan fingerprint density at radius 1 is 1.21 bits per heavy atom. The molecule has 0 spiro atoms. The van der Waals surface area contributed by atoms with E-state index in [1.54, 1.807) is 0 Å². The fourth-order valence-electron chi connectivity index (χ4n) is 2.12. The third-order valence-electron chi connectivity index (χ3n) is 3.21. The minimum atomic E-state index is -1.35. The highest BCUT2D eigenvalue weighted by molar-refractivity contribution is 6.91. The lowest BCUT2D eigenvalue weighted by Crippen LogP contribution is -2.48. The molecule has 0 aromatic heterocycles. The van der Waals surface area contributed by atoms with Gasteiger partial charge in [0.1, 0.15) is 8.07 Å². The second-order valence-corrected chi connectivity index (χ2v) is 9.18. The van der Waals surface area contributed by atoms with E-state index < -0.39 is 8.07 Å². The summed E-state index contributed by atoms with van der Waals surface area (Å²) in [6.07, 6.45) is 1.70. The van der Waals surface area contributed by atoms with Crippen molar-refractivity contribution in [2.75, 3.05) is 0 Å². The van der Waals surface area contributed by atoms with Gasteiger partial charge in [0.15, 0.2) is 0 Å². The Morgan fingerprint density at radius 2 is 1.86 bits per heavy atom.